The van der Waals surface area contributed by atoms with Crippen LogP contribution in [0.25, 0.3) is 0 Å². The number of halogens is 1. The number of anilines is 1. The highest BCUT2D eigenvalue weighted by Crippen LogP contribution is 2.29. The van der Waals surface area contributed by atoms with E-state index in [1.807, 2.05) is 13.8 Å². The molecule has 0 aliphatic rings. The van der Waals surface area contributed by atoms with E-state index in [1.54, 1.807) is 12.1 Å². The average molecular weight is 390 g/mol. The number of carboxylic acid groups (broad SMARTS) is 1. The van der Waals surface area contributed by atoms with Gasteiger partial charge in [-0.05, 0) is 43.7 Å². The molecule has 6 nitrogen and oxygen atoms in total. The quantitative estimate of drug-likeness (QED) is 0.720. The molecular weight excluding hydrogens is 374 g/mol. The van der Waals surface area contributed by atoms with E-state index in [-0.39, 0.29) is 22.2 Å². The molecule has 2 aromatic rings. The highest BCUT2D eigenvalue weighted by Gasteiger charge is 2.22. The number of pyridine rings is 1. The molecule has 2 N–H and O–H groups in total. The van der Waals surface area contributed by atoms with E-state index in [2.05, 4.69) is 16.4 Å². The monoisotopic (exact) mass is 389 g/mol. The second kappa shape index (κ2) is 8.70. The Kier molecular flexibility index (Phi) is 6.61. The van der Waals surface area contributed by atoms with E-state index in [1.165, 1.54) is 30.0 Å². The number of rotatable bonds is 6. The van der Waals surface area contributed by atoms with Gasteiger partial charge in [0.25, 0.3) is 0 Å². The zero-order chi connectivity index (χ0) is 19.3. The fourth-order valence-corrected chi connectivity index (χ4v) is 3.34. The third-order valence-corrected chi connectivity index (χ3v) is 5.20. The largest absolute Gasteiger partial charge is 0.478 e. The fraction of sp³-hybridized carbons (Fsp3) is 0.222. The number of carbonyl (C=O) groups is 2. The topological polar surface area (TPSA) is 103 Å². The zero-order valence-corrected chi connectivity index (χ0v) is 15.7. The summed E-state index contributed by atoms with van der Waals surface area (Å²) in [6.45, 7) is 3.65. The minimum absolute atomic E-state index is 0.0255. The lowest BCUT2D eigenvalue weighted by Gasteiger charge is -2.16. The van der Waals surface area contributed by atoms with Crippen molar-refractivity contribution >= 4 is 40.9 Å². The first kappa shape index (κ1) is 19.8. The normalized spacial score (nSPS) is 11.5. The van der Waals surface area contributed by atoms with E-state index in [4.69, 9.17) is 16.7 Å². The van der Waals surface area contributed by atoms with Crippen molar-refractivity contribution in [3.63, 3.8) is 0 Å². The number of aryl methyl sites for hydroxylation is 1. The summed E-state index contributed by atoms with van der Waals surface area (Å²) in [6, 6.07) is 9.57. The Bertz CT molecular complexity index is 896. The van der Waals surface area contributed by atoms with E-state index in [0.29, 0.717) is 17.0 Å². The number of hydrogen-bond donors (Lipinski definition) is 2. The maximum Gasteiger partial charge on any atom is 0.335 e. The molecule has 0 aliphatic heterocycles. The molecule has 2 rings (SSSR count). The van der Waals surface area contributed by atoms with Crippen molar-refractivity contribution in [3.8, 4) is 6.07 Å². The first-order valence-corrected chi connectivity index (χ1v) is 8.99. The second-order valence-corrected chi connectivity index (χ2v) is 7.02. The lowest BCUT2D eigenvalue weighted by Crippen LogP contribution is -2.25. The third kappa shape index (κ3) is 4.75. The van der Waals surface area contributed by atoms with Gasteiger partial charge in [0.1, 0.15) is 11.1 Å². The van der Waals surface area contributed by atoms with Crippen molar-refractivity contribution in [1.82, 2.24) is 4.98 Å². The number of nitrogens with zero attached hydrogens (tertiary/aromatic N) is 2. The number of carboxylic acids is 1. The number of nitrogens with one attached hydrogen (secondary N) is 1. The molecule has 1 aromatic heterocycles. The summed E-state index contributed by atoms with van der Waals surface area (Å²) in [7, 11) is 0. The predicted octanol–water partition coefficient (Wildman–Crippen LogP) is 4.12. The predicted molar refractivity (Wildman–Crippen MR) is 101 cm³/mol. The van der Waals surface area contributed by atoms with Gasteiger partial charge in [-0.25, -0.2) is 9.78 Å². The van der Waals surface area contributed by atoms with Crippen LogP contribution in [0.4, 0.5) is 5.69 Å². The van der Waals surface area contributed by atoms with Crippen molar-refractivity contribution < 1.29 is 14.7 Å². The molecule has 0 fully saturated rings. The number of nitriles is 1. The zero-order valence-electron chi connectivity index (χ0n) is 14.1. The van der Waals surface area contributed by atoms with Crippen LogP contribution in [0.1, 0.15) is 35.0 Å². The number of amides is 1. The van der Waals surface area contributed by atoms with Crippen molar-refractivity contribution in [2.75, 3.05) is 5.32 Å². The Morgan fingerprint density at radius 1 is 1.38 bits per heavy atom. The molecule has 0 saturated carbocycles. The Morgan fingerprint density at radius 2 is 2.12 bits per heavy atom. The van der Waals surface area contributed by atoms with Crippen molar-refractivity contribution in [3.05, 3.63) is 52.2 Å². The molecule has 0 radical (unpaired) electrons. The lowest BCUT2D eigenvalue weighted by molar-refractivity contribution is -0.115. The number of carbonyl (C=O) groups excluding carboxylic acids is 1. The molecular formula is C18H16ClN3O3S. The second-order valence-electron chi connectivity index (χ2n) is 5.42. The Morgan fingerprint density at radius 3 is 2.73 bits per heavy atom. The van der Waals surface area contributed by atoms with E-state index < -0.39 is 11.2 Å². The molecule has 0 bridgehead atoms. The van der Waals surface area contributed by atoms with Crippen LogP contribution >= 0.6 is 23.4 Å². The summed E-state index contributed by atoms with van der Waals surface area (Å²) in [5.74, 6) is -1.45. The third-order valence-electron chi connectivity index (χ3n) is 3.51. The number of aromatic carboxylic acids is 1. The summed E-state index contributed by atoms with van der Waals surface area (Å²) in [5, 5.41) is 21.2. The maximum absolute atomic E-state index is 12.6. The van der Waals surface area contributed by atoms with Crippen LogP contribution in [0.15, 0.2) is 35.4 Å². The molecule has 0 spiro atoms. The van der Waals surface area contributed by atoms with Crippen LogP contribution in [0.5, 0.6) is 0 Å². The minimum atomic E-state index is -1.11. The van der Waals surface area contributed by atoms with Crippen LogP contribution in [0, 0.1) is 18.3 Å². The van der Waals surface area contributed by atoms with E-state index in [9.17, 15) is 14.9 Å². The van der Waals surface area contributed by atoms with Crippen LogP contribution in [0.2, 0.25) is 5.02 Å². The molecule has 26 heavy (non-hydrogen) atoms. The van der Waals surface area contributed by atoms with Crippen molar-refractivity contribution in [2.45, 2.75) is 30.5 Å². The summed E-state index contributed by atoms with van der Waals surface area (Å²) in [5.41, 5.74) is 1.41. The number of hydrogen-bond acceptors (Lipinski definition) is 5. The number of aromatic nitrogens is 1. The summed E-state index contributed by atoms with van der Waals surface area (Å²) in [4.78, 5) is 28.0. The van der Waals surface area contributed by atoms with Gasteiger partial charge in [-0.2, -0.15) is 5.26 Å². The van der Waals surface area contributed by atoms with Gasteiger partial charge in [-0.15, -0.1) is 0 Å². The van der Waals surface area contributed by atoms with Crippen molar-refractivity contribution in [1.29, 1.82) is 5.26 Å². The number of thioether (sulfide) groups is 1. The number of benzene rings is 1. The molecule has 1 unspecified atom stereocenters. The summed E-state index contributed by atoms with van der Waals surface area (Å²) >= 11 is 7.24. The lowest BCUT2D eigenvalue weighted by atomic mass is 10.2. The van der Waals surface area contributed by atoms with Gasteiger partial charge < -0.3 is 10.4 Å². The van der Waals surface area contributed by atoms with Gasteiger partial charge in [-0.1, -0.05) is 30.3 Å². The fourth-order valence-electron chi connectivity index (χ4n) is 2.13. The molecule has 0 saturated heterocycles. The van der Waals surface area contributed by atoms with Crippen LogP contribution < -0.4 is 5.32 Å². The van der Waals surface area contributed by atoms with Gasteiger partial charge >= 0.3 is 5.97 Å². The average Bonchev–Trinajstić information content (AvgIpc) is 2.61. The smallest absolute Gasteiger partial charge is 0.335 e. The molecule has 1 amide bonds. The van der Waals surface area contributed by atoms with Crippen molar-refractivity contribution in [2.24, 2.45) is 0 Å². The van der Waals surface area contributed by atoms with Crippen LogP contribution in [0.3, 0.4) is 0 Å². The summed E-state index contributed by atoms with van der Waals surface area (Å²) < 4.78 is 0. The Hall–Kier alpha value is -2.56. The Balaban J connectivity index is 2.23. The van der Waals surface area contributed by atoms with E-state index >= 15 is 0 Å². The molecule has 1 heterocycles. The van der Waals surface area contributed by atoms with Crippen LogP contribution in [-0.4, -0.2) is 27.2 Å². The Labute approximate surface area is 160 Å². The van der Waals surface area contributed by atoms with Gasteiger partial charge in [-0.3, -0.25) is 4.79 Å². The SMILES string of the molecule is CCC(Sc1nc(C)ccc1C#N)C(=O)Nc1cc(C(=O)O)ccc1Cl. The standard InChI is InChI=1S/C18H16ClN3O3S/c1-3-15(26-17-12(9-20)5-4-10(2)21-17)16(23)22-14-8-11(18(24)25)6-7-13(14)19/h4-8,15H,3H2,1-2H3,(H,22,23)(H,24,25). The molecule has 1 aromatic carbocycles. The van der Waals surface area contributed by atoms with Gasteiger partial charge in [0, 0.05) is 5.69 Å². The molecule has 0 aliphatic carbocycles. The van der Waals surface area contributed by atoms with Gasteiger partial charge in [0.15, 0.2) is 0 Å². The van der Waals surface area contributed by atoms with E-state index in [0.717, 1.165) is 5.69 Å². The minimum Gasteiger partial charge on any atom is -0.478 e. The molecule has 1 atom stereocenters. The molecule has 134 valence electrons. The maximum atomic E-state index is 12.6. The molecule has 8 heteroatoms. The first-order chi connectivity index (χ1) is 12.3. The van der Waals surface area contributed by atoms with Gasteiger partial charge in [0.2, 0.25) is 5.91 Å². The highest BCUT2D eigenvalue weighted by molar-refractivity contribution is 8.00. The van der Waals surface area contributed by atoms with Gasteiger partial charge in [0.05, 0.1) is 27.1 Å². The summed E-state index contributed by atoms with van der Waals surface area (Å²) in [6.07, 6.45) is 0.493. The highest BCUT2D eigenvalue weighted by atomic mass is 35.5. The van der Waals surface area contributed by atoms with Crippen LogP contribution in [-0.2, 0) is 4.79 Å². The first-order valence-electron chi connectivity index (χ1n) is 7.73.